The maximum absolute atomic E-state index is 11.4. The minimum Gasteiger partial charge on any atom is -0.444 e. The highest BCUT2D eigenvalue weighted by molar-refractivity contribution is 5.92. The van der Waals surface area contributed by atoms with Gasteiger partial charge in [-0.1, -0.05) is 12.1 Å². The summed E-state index contributed by atoms with van der Waals surface area (Å²) in [7, 11) is 0. The topological polar surface area (TPSA) is 81.4 Å². The van der Waals surface area contributed by atoms with Gasteiger partial charge in [-0.3, -0.25) is 4.79 Å². The highest BCUT2D eigenvalue weighted by Crippen LogP contribution is 2.07. The number of rotatable bonds is 4. The zero-order chi connectivity index (χ0) is 14.5. The van der Waals surface area contributed by atoms with Gasteiger partial charge in [0, 0.05) is 12.1 Å². The molecule has 0 aliphatic carbocycles. The number of nitrogens with one attached hydrogen (secondary N) is 1. The Labute approximate surface area is 113 Å². The summed E-state index contributed by atoms with van der Waals surface area (Å²) in [6, 6.07) is 7.03. The molecule has 0 aromatic heterocycles. The molecule has 0 aliphatic rings. The van der Waals surface area contributed by atoms with Gasteiger partial charge in [0.05, 0.1) is 0 Å². The van der Waals surface area contributed by atoms with Crippen molar-refractivity contribution >= 4 is 12.0 Å². The first-order valence-electron chi connectivity index (χ1n) is 6.13. The minimum atomic E-state index is -0.504. The lowest BCUT2D eigenvalue weighted by molar-refractivity contribution is 0.0528. The van der Waals surface area contributed by atoms with Crippen LogP contribution >= 0.6 is 0 Å². The Hall–Kier alpha value is -2.04. The normalized spacial score (nSPS) is 10.9. The Balaban J connectivity index is 2.43. The molecule has 1 aromatic rings. The summed E-state index contributed by atoms with van der Waals surface area (Å²) in [4.78, 5) is 22.4. The van der Waals surface area contributed by atoms with E-state index in [1.165, 1.54) is 0 Å². The molecule has 0 heterocycles. The maximum atomic E-state index is 11.4. The first-order chi connectivity index (χ1) is 8.78. The molecule has 104 valence electrons. The van der Waals surface area contributed by atoms with Crippen LogP contribution in [0.4, 0.5) is 4.79 Å². The van der Waals surface area contributed by atoms with E-state index in [1.807, 2.05) is 26.8 Å². The number of benzene rings is 1. The molecule has 1 rings (SSSR count). The van der Waals surface area contributed by atoms with E-state index in [4.69, 9.17) is 10.5 Å². The number of hydrogen-bond acceptors (Lipinski definition) is 3. The van der Waals surface area contributed by atoms with E-state index in [2.05, 4.69) is 5.32 Å². The lowest BCUT2D eigenvalue weighted by Gasteiger charge is -2.19. The first-order valence-corrected chi connectivity index (χ1v) is 6.13. The molecular formula is C14H20N2O3. The number of carbonyl (C=O) groups excluding carboxylic acids is 2. The van der Waals surface area contributed by atoms with Crippen LogP contribution < -0.4 is 11.1 Å². The lowest BCUT2D eigenvalue weighted by atomic mass is 10.1. The summed E-state index contributed by atoms with van der Waals surface area (Å²) >= 11 is 0. The van der Waals surface area contributed by atoms with Crippen molar-refractivity contribution in [2.45, 2.75) is 32.8 Å². The minimum absolute atomic E-state index is 0.442. The van der Waals surface area contributed by atoms with Gasteiger partial charge in [0.25, 0.3) is 0 Å². The SMILES string of the molecule is CC(C)(C)OC(=O)NCCc1cccc(C(N)=O)c1. The standard InChI is InChI=1S/C14H20N2O3/c1-14(2,3)19-13(18)16-8-7-10-5-4-6-11(9-10)12(15)17/h4-6,9H,7-8H2,1-3H3,(H2,15,17)(H,16,18). The second-order valence-electron chi connectivity index (χ2n) is 5.24. The molecular weight excluding hydrogens is 244 g/mol. The Kier molecular flexibility index (Phi) is 4.92. The van der Waals surface area contributed by atoms with Gasteiger partial charge in [0.15, 0.2) is 0 Å². The van der Waals surface area contributed by atoms with E-state index >= 15 is 0 Å². The molecule has 0 radical (unpaired) electrons. The summed E-state index contributed by atoms with van der Waals surface area (Å²) in [6.45, 7) is 5.87. The van der Waals surface area contributed by atoms with Gasteiger partial charge in [-0.25, -0.2) is 4.79 Å². The second kappa shape index (κ2) is 6.22. The lowest BCUT2D eigenvalue weighted by Crippen LogP contribution is -2.33. The fourth-order valence-electron chi connectivity index (χ4n) is 1.50. The highest BCUT2D eigenvalue weighted by Gasteiger charge is 2.15. The molecule has 0 spiro atoms. The van der Waals surface area contributed by atoms with Crippen LogP contribution in [-0.2, 0) is 11.2 Å². The number of nitrogens with two attached hydrogens (primary N) is 1. The van der Waals surface area contributed by atoms with Gasteiger partial charge >= 0.3 is 6.09 Å². The average Bonchev–Trinajstić information content (AvgIpc) is 2.27. The Bertz CT molecular complexity index is 464. The largest absolute Gasteiger partial charge is 0.444 e. The summed E-state index contributed by atoms with van der Waals surface area (Å²) < 4.78 is 5.11. The summed E-state index contributed by atoms with van der Waals surface area (Å²) in [5.74, 6) is -0.457. The van der Waals surface area contributed by atoms with Gasteiger partial charge in [0.1, 0.15) is 5.60 Å². The van der Waals surface area contributed by atoms with Gasteiger partial charge in [-0.05, 0) is 44.9 Å². The van der Waals surface area contributed by atoms with Crippen molar-refractivity contribution in [3.63, 3.8) is 0 Å². The average molecular weight is 264 g/mol. The van der Waals surface area contributed by atoms with Crippen molar-refractivity contribution in [1.82, 2.24) is 5.32 Å². The molecule has 5 nitrogen and oxygen atoms in total. The molecule has 0 atom stereocenters. The van der Waals surface area contributed by atoms with Crippen molar-refractivity contribution in [2.75, 3.05) is 6.54 Å². The van der Waals surface area contributed by atoms with Crippen molar-refractivity contribution in [2.24, 2.45) is 5.73 Å². The number of alkyl carbamates (subject to hydrolysis) is 1. The third-order valence-electron chi connectivity index (χ3n) is 2.29. The molecule has 0 saturated heterocycles. The van der Waals surface area contributed by atoms with E-state index in [9.17, 15) is 9.59 Å². The predicted octanol–water partition coefficient (Wildman–Crippen LogP) is 1.85. The Morgan fingerprint density at radius 1 is 1.32 bits per heavy atom. The second-order valence-corrected chi connectivity index (χ2v) is 5.24. The third-order valence-corrected chi connectivity index (χ3v) is 2.29. The van der Waals surface area contributed by atoms with Crippen LogP contribution in [0.3, 0.4) is 0 Å². The molecule has 0 bridgehead atoms. The van der Waals surface area contributed by atoms with Gasteiger partial charge in [-0.15, -0.1) is 0 Å². The van der Waals surface area contributed by atoms with Gasteiger partial charge in [0.2, 0.25) is 5.91 Å². The van der Waals surface area contributed by atoms with E-state index < -0.39 is 17.6 Å². The first kappa shape index (κ1) is 15.0. The zero-order valence-electron chi connectivity index (χ0n) is 11.5. The molecule has 0 fully saturated rings. The number of carbonyl (C=O) groups is 2. The van der Waals surface area contributed by atoms with Crippen molar-refractivity contribution in [3.8, 4) is 0 Å². The van der Waals surface area contributed by atoms with Crippen LogP contribution in [-0.4, -0.2) is 24.1 Å². The third kappa shape index (κ3) is 5.90. The van der Waals surface area contributed by atoms with Crippen molar-refractivity contribution < 1.29 is 14.3 Å². The van der Waals surface area contributed by atoms with Crippen LogP contribution in [0, 0.1) is 0 Å². The van der Waals surface area contributed by atoms with E-state index in [-0.39, 0.29) is 0 Å². The molecule has 3 N–H and O–H groups in total. The van der Waals surface area contributed by atoms with Crippen LogP contribution in [0.15, 0.2) is 24.3 Å². The molecule has 5 heteroatoms. The highest BCUT2D eigenvalue weighted by atomic mass is 16.6. The van der Waals surface area contributed by atoms with Gasteiger partial charge < -0.3 is 15.8 Å². The summed E-state index contributed by atoms with van der Waals surface area (Å²) in [5.41, 5.74) is 6.10. The smallest absolute Gasteiger partial charge is 0.407 e. The van der Waals surface area contributed by atoms with E-state index in [1.54, 1.807) is 18.2 Å². The zero-order valence-corrected chi connectivity index (χ0v) is 11.5. The summed E-state index contributed by atoms with van der Waals surface area (Å²) in [5, 5.41) is 2.66. The predicted molar refractivity (Wildman–Crippen MR) is 72.9 cm³/mol. The molecule has 1 aromatic carbocycles. The van der Waals surface area contributed by atoms with Crippen LogP contribution in [0.25, 0.3) is 0 Å². The van der Waals surface area contributed by atoms with Gasteiger partial charge in [-0.2, -0.15) is 0 Å². The fraction of sp³-hybridized carbons (Fsp3) is 0.429. The fourth-order valence-corrected chi connectivity index (χ4v) is 1.50. The van der Waals surface area contributed by atoms with E-state index in [0.717, 1.165) is 5.56 Å². The monoisotopic (exact) mass is 264 g/mol. The Morgan fingerprint density at radius 3 is 2.58 bits per heavy atom. The number of amides is 2. The number of primary amides is 1. The van der Waals surface area contributed by atoms with Crippen molar-refractivity contribution in [1.29, 1.82) is 0 Å². The van der Waals surface area contributed by atoms with Crippen LogP contribution in [0.2, 0.25) is 0 Å². The molecule has 0 aliphatic heterocycles. The number of ether oxygens (including phenoxy) is 1. The number of hydrogen-bond donors (Lipinski definition) is 2. The molecule has 0 saturated carbocycles. The van der Waals surface area contributed by atoms with Crippen LogP contribution in [0.5, 0.6) is 0 Å². The Morgan fingerprint density at radius 2 is 2.00 bits per heavy atom. The van der Waals surface area contributed by atoms with E-state index in [0.29, 0.717) is 18.5 Å². The quantitative estimate of drug-likeness (QED) is 0.870. The molecule has 0 unspecified atom stereocenters. The molecule has 2 amide bonds. The maximum Gasteiger partial charge on any atom is 0.407 e. The molecule has 19 heavy (non-hydrogen) atoms. The summed E-state index contributed by atoms with van der Waals surface area (Å²) in [6.07, 6.45) is 0.166. The van der Waals surface area contributed by atoms with Crippen LogP contribution in [0.1, 0.15) is 36.7 Å². The van der Waals surface area contributed by atoms with Crippen molar-refractivity contribution in [3.05, 3.63) is 35.4 Å².